The molecule has 1 rings (SSSR count). The minimum atomic E-state index is 0.142. The zero-order valence-electron chi connectivity index (χ0n) is 9.45. The highest BCUT2D eigenvalue weighted by Crippen LogP contribution is 2.27. The predicted octanol–water partition coefficient (Wildman–Crippen LogP) is 3.54. The van der Waals surface area contributed by atoms with E-state index in [0.29, 0.717) is 6.42 Å². The lowest BCUT2D eigenvalue weighted by atomic mass is 10.1. The van der Waals surface area contributed by atoms with Crippen LogP contribution < -0.4 is 11.1 Å². The Kier molecular flexibility index (Phi) is 5.77. The van der Waals surface area contributed by atoms with Crippen LogP contribution in [0, 0.1) is 0 Å². The third kappa shape index (κ3) is 4.55. The molecular weight excluding hydrogens is 350 g/mol. The second kappa shape index (κ2) is 6.86. The molecule has 17 heavy (non-hydrogen) atoms. The van der Waals surface area contributed by atoms with E-state index in [2.05, 4.69) is 49.3 Å². The van der Waals surface area contributed by atoms with Crippen LogP contribution in [0.3, 0.4) is 0 Å². The van der Waals surface area contributed by atoms with Gasteiger partial charge in [-0.15, -0.1) is 0 Å². The fourth-order valence-electron chi connectivity index (χ4n) is 1.42. The van der Waals surface area contributed by atoms with E-state index in [1.807, 2.05) is 18.2 Å². The first kappa shape index (κ1) is 14.3. The van der Waals surface area contributed by atoms with E-state index in [4.69, 9.17) is 10.9 Å². The van der Waals surface area contributed by atoms with Crippen molar-refractivity contribution in [2.75, 3.05) is 5.32 Å². The standard InChI is InChI=1S/C11H15Br2N3O/c1-2-8(6-11(14)16-17)15-10-4-3-7(12)5-9(10)13/h3-5,8,15,17H,2,6H2,1H3,(H2,14,16). The largest absolute Gasteiger partial charge is 0.409 e. The van der Waals surface area contributed by atoms with Crippen molar-refractivity contribution in [1.29, 1.82) is 0 Å². The summed E-state index contributed by atoms with van der Waals surface area (Å²) < 4.78 is 1.99. The van der Waals surface area contributed by atoms with Gasteiger partial charge in [-0.05, 0) is 40.5 Å². The van der Waals surface area contributed by atoms with Crippen molar-refractivity contribution in [3.63, 3.8) is 0 Å². The Morgan fingerprint density at radius 3 is 2.76 bits per heavy atom. The van der Waals surface area contributed by atoms with Crippen molar-refractivity contribution in [2.45, 2.75) is 25.8 Å². The van der Waals surface area contributed by atoms with Gasteiger partial charge in [-0.1, -0.05) is 28.0 Å². The molecule has 0 fully saturated rings. The van der Waals surface area contributed by atoms with Crippen molar-refractivity contribution in [2.24, 2.45) is 10.9 Å². The minimum absolute atomic E-state index is 0.142. The maximum absolute atomic E-state index is 8.56. The summed E-state index contributed by atoms with van der Waals surface area (Å²) in [7, 11) is 0. The van der Waals surface area contributed by atoms with Gasteiger partial charge in [-0.3, -0.25) is 0 Å². The molecule has 0 aliphatic heterocycles. The number of nitrogens with two attached hydrogens (primary N) is 1. The summed E-state index contributed by atoms with van der Waals surface area (Å²) in [5.41, 5.74) is 6.50. The Balaban J connectivity index is 2.73. The molecule has 4 nitrogen and oxygen atoms in total. The quantitative estimate of drug-likeness (QED) is 0.324. The zero-order chi connectivity index (χ0) is 12.8. The Hall–Kier alpha value is -0.750. The predicted molar refractivity (Wildman–Crippen MR) is 77.6 cm³/mol. The number of anilines is 1. The lowest BCUT2D eigenvalue weighted by molar-refractivity contribution is 0.316. The summed E-state index contributed by atoms with van der Waals surface area (Å²) in [5, 5.41) is 14.9. The SMILES string of the molecule is CCC(CC(N)=NO)Nc1ccc(Br)cc1Br. The van der Waals surface area contributed by atoms with E-state index in [1.165, 1.54) is 0 Å². The summed E-state index contributed by atoms with van der Waals surface area (Å²) in [4.78, 5) is 0. The number of oxime groups is 1. The van der Waals surface area contributed by atoms with Gasteiger partial charge in [0, 0.05) is 27.1 Å². The van der Waals surface area contributed by atoms with Crippen LogP contribution in [0.2, 0.25) is 0 Å². The van der Waals surface area contributed by atoms with Gasteiger partial charge in [0.1, 0.15) is 5.84 Å². The van der Waals surface area contributed by atoms with Crippen LogP contribution >= 0.6 is 31.9 Å². The average Bonchev–Trinajstić information content (AvgIpc) is 2.31. The lowest BCUT2D eigenvalue weighted by Crippen LogP contribution is -2.26. The van der Waals surface area contributed by atoms with Crippen LogP contribution in [0.15, 0.2) is 32.3 Å². The third-order valence-corrected chi connectivity index (χ3v) is 3.52. The van der Waals surface area contributed by atoms with Gasteiger partial charge in [-0.25, -0.2) is 0 Å². The minimum Gasteiger partial charge on any atom is -0.409 e. The highest BCUT2D eigenvalue weighted by molar-refractivity contribution is 9.11. The Labute approximate surface area is 118 Å². The first-order chi connectivity index (χ1) is 8.06. The van der Waals surface area contributed by atoms with Gasteiger partial charge in [0.15, 0.2) is 0 Å². The van der Waals surface area contributed by atoms with Gasteiger partial charge in [0.25, 0.3) is 0 Å². The molecule has 1 atom stereocenters. The Morgan fingerprint density at radius 1 is 1.53 bits per heavy atom. The molecule has 6 heteroatoms. The summed E-state index contributed by atoms with van der Waals surface area (Å²) in [5.74, 6) is 0.234. The van der Waals surface area contributed by atoms with Crippen LogP contribution in [-0.4, -0.2) is 17.1 Å². The van der Waals surface area contributed by atoms with Crippen LogP contribution in [0.4, 0.5) is 5.69 Å². The topological polar surface area (TPSA) is 70.6 Å². The highest BCUT2D eigenvalue weighted by atomic mass is 79.9. The first-order valence-corrected chi connectivity index (χ1v) is 6.83. The smallest absolute Gasteiger partial charge is 0.141 e. The molecule has 94 valence electrons. The monoisotopic (exact) mass is 363 g/mol. The third-order valence-electron chi connectivity index (χ3n) is 2.37. The average molecular weight is 365 g/mol. The van der Waals surface area contributed by atoms with E-state index < -0.39 is 0 Å². The molecule has 0 heterocycles. The molecule has 4 N–H and O–H groups in total. The fraction of sp³-hybridized carbons (Fsp3) is 0.364. The number of hydrogen-bond donors (Lipinski definition) is 3. The number of hydrogen-bond acceptors (Lipinski definition) is 3. The molecule has 0 saturated carbocycles. The van der Waals surface area contributed by atoms with Crippen LogP contribution in [0.1, 0.15) is 19.8 Å². The molecule has 0 aliphatic rings. The van der Waals surface area contributed by atoms with E-state index >= 15 is 0 Å². The summed E-state index contributed by atoms with van der Waals surface area (Å²) >= 11 is 6.89. The molecule has 1 unspecified atom stereocenters. The number of halogens is 2. The number of amidine groups is 1. The number of rotatable bonds is 5. The van der Waals surface area contributed by atoms with Crippen molar-refractivity contribution in [3.8, 4) is 0 Å². The summed E-state index contributed by atoms with van der Waals surface area (Å²) in [6, 6.07) is 6.05. The van der Waals surface area contributed by atoms with E-state index in [9.17, 15) is 0 Å². The van der Waals surface area contributed by atoms with Crippen molar-refractivity contribution >= 4 is 43.4 Å². The van der Waals surface area contributed by atoms with Gasteiger partial charge in [-0.2, -0.15) is 0 Å². The molecule has 0 amide bonds. The van der Waals surface area contributed by atoms with E-state index in [-0.39, 0.29) is 11.9 Å². The highest BCUT2D eigenvalue weighted by Gasteiger charge is 2.10. The molecular formula is C11H15Br2N3O. The second-order valence-electron chi connectivity index (χ2n) is 3.67. The number of nitrogens with zero attached hydrogens (tertiary/aromatic N) is 1. The lowest BCUT2D eigenvalue weighted by Gasteiger charge is -2.18. The van der Waals surface area contributed by atoms with Crippen molar-refractivity contribution < 1.29 is 5.21 Å². The van der Waals surface area contributed by atoms with E-state index in [0.717, 1.165) is 21.1 Å². The maximum atomic E-state index is 8.56. The molecule has 0 saturated heterocycles. The van der Waals surface area contributed by atoms with E-state index in [1.54, 1.807) is 0 Å². The first-order valence-electron chi connectivity index (χ1n) is 5.24. The van der Waals surface area contributed by atoms with Crippen LogP contribution in [0.25, 0.3) is 0 Å². The molecule has 0 spiro atoms. The normalized spacial score (nSPS) is 13.5. The second-order valence-corrected chi connectivity index (χ2v) is 5.44. The molecule has 1 aromatic rings. The molecule has 0 bridgehead atoms. The van der Waals surface area contributed by atoms with Crippen molar-refractivity contribution in [1.82, 2.24) is 0 Å². The summed E-state index contributed by atoms with van der Waals surface area (Å²) in [6.07, 6.45) is 1.40. The molecule has 0 aliphatic carbocycles. The molecule has 0 aromatic heterocycles. The van der Waals surface area contributed by atoms with Gasteiger partial charge < -0.3 is 16.3 Å². The fourth-order valence-corrected chi connectivity index (χ4v) is 2.58. The van der Waals surface area contributed by atoms with Gasteiger partial charge >= 0.3 is 0 Å². The summed E-state index contributed by atoms with van der Waals surface area (Å²) in [6.45, 7) is 2.05. The van der Waals surface area contributed by atoms with Gasteiger partial charge in [0.05, 0.1) is 0 Å². The van der Waals surface area contributed by atoms with Gasteiger partial charge in [0.2, 0.25) is 0 Å². The van der Waals surface area contributed by atoms with Crippen molar-refractivity contribution in [3.05, 3.63) is 27.1 Å². The molecule has 1 aromatic carbocycles. The maximum Gasteiger partial charge on any atom is 0.141 e. The molecule has 0 radical (unpaired) electrons. The number of nitrogens with one attached hydrogen (secondary N) is 1. The van der Waals surface area contributed by atoms with Crippen LogP contribution in [0.5, 0.6) is 0 Å². The Morgan fingerprint density at radius 2 is 2.24 bits per heavy atom. The Bertz CT molecular complexity index is 410. The number of benzene rings is 1. The van der Waals surface area contributed by atoms with Crippen LogP contribution in [-0.2, 0) is 0 Å². The zero-order valence-corrected chi connectivity index (χ0v) is 12.6.